The van der Waals surface area contributed by atoms with E-state index in [1.165, 1.54) is 0 Å². The van der Waals surface area contributed by atoms with Crippen molar-refractivity contribution in [3.63, 3.8) is 0 Å². The van der Waals surface area contributed by atoms with Crippen molar-refractivity contribution >= 4 is 0 Å². The van der Waals surface area contributed by atoms with Crippen molar-refractivity contribution in [3.8, 4) is 0 Å². The third-order valence-corrected chi connectivity index (χ3v) is 0.556. The summed E-state index contributed by atoms with van der Waals surface area (Å²) >= 11 is 0. The van der Waals surface area contributed by atoms with E-state index in [-0.39, 0.29) is 17.1 Å². The molecule has 0 heterocycles. The van der Waals surface area contributed by atoms with Crippen LogP contribution in [-0.4, -0.2) is 0 Å². The summed E-state index contributed by atoms with van der Waals surface area (Å²) in [6.07, 6.45) is 10.0. The Morgan fingerprint density at radius 1 is 0.583 bits per heavy atom. The molecular formula is C8H5MnO3. The first-order valence-corrected chi connectivity index (χ1v) is 2.28. The van der Waals surface area contributed by atoms with Crippen molar-refractivity contribution in [2.75, 3.05) is 0 Å². The fourth-order valence-corrected chi connectivity index (χ4v) is 0.321. The van der Waals surface area contributed by atoms with Crippen LogP contribution in [0.15, 0.2) is 24.3 Å². The van der Waals surface area contributed by atoms with Gasteiger partial charge >= 0.3 is 33.9 Å². The van der Waals surface area contributed by atoms with E-state index in [0.29, 0.717) is 0 Å². The molecule has 0 amide bonds. The van der Waals surface area contributed by atoms with Gasteiger partial charge in [0.25, 0.3) is 0 Å². The Hall–Kier alpha value is -0.781. The molecule has 12 heavy (non-hydrogen) atoms. The Morgan fingerprint density at radius 2 is 0.833 bits per heavy atom. The van der Waals surface area contributed by atoms with Gasteiger partial charge < -0.3 is 0 Å². The van der Waals surface area contributed by atoms with Crippen molar-refractivity contribution in [2.24, 2.45) is 0 Å². The van der Waals surface area contributed by atoms with Crippen molar-refractivity contribution in [2.45, 2.75) is 0 Å². The molecule has 0 aromatic carbocycles. The second-order valence-electron chi connectivity index (χ2n) is 0.962. The molecule has 0 spiro atoms. The van der Waals surface area contributed by atoms with Crippen LogP contribution in [0.2, 0.25) is 0 Å². The molecule has 3 nitrogen and oxygen atoms in total. The van der Waals surface area contributed by atoms with E-state index >= 15 is 0 Å². The van der Waals surface area contributed by atoms with E-state index in [1.54, 1.807) is 0 Å². The predicted octanol–water partition coefficient (Wildman–Crippen LogP) is 1.20. The van der Waals surface area contributed by atoms with E-state index in [9.17, 15) is 0 Å². The molecule has 1 aliphatic carbocycles. The average molecular weight is 204 g/mol. The third kappa shape index (κ3) is 35.0. The molecule has 4 heteroatoms. The normalized spacial score (nSPS) is 7.83. The van der Waals surface area contributed by atoms with Gasteiger partial charge in [-0.3, -0.25) is 0 Å². The molecule has 1 aliphatic rings. The summed E-state index contributed by atoms with van der Waals surface area (Å²) in [6, 6.07) is 0. The molecule has 0 aliphatic heterocycles. The van der Waals surface area contributed by atoms with Crippen LogP contribution in [0.1, 0.15) is 0 Å². The summed E-state index contributed by atoms with van der Waals surface area (Å²) < 4.78 is 22.5. The van der Waals surface area contributed by atoms with Gasteiger partial charge in [-0.25, -0.2) is 0 Å². The van der Waals surface area contributed by atoms with Crippen LogP contribution in [0.25, 0.3) is 0 Å². The van der Waals surface area contributed by atoms with Gasteiger partial charge in [0.15, 0.2) is 0 Å². The summed E-state index contributed by atoms with van der Waals surface area (Å²) in [7, 11) is 0. The molecule has 62 valence electrons. The number of hydrogen-bond donors (Lipinski definition) is 0. The first-order valence-electron chi connectivity index (χ1n) is 2.28. The van der Waals surface area contributed by atoms with Gasteiger partial charge in [0.1, 0.15) is 0 Å². The first-order chi connectivity index (χ1) is 5.50. The second kappa shape index (κ2) is 48.8. The Kier molecular flexibility index (Phi) is 91.4. The van der Waals surface area contributed by atoms with E-state index in [1.807, 2.05) is 30.7 Å². The first kappa shape index (κ1) is 22.5. The fraction of sp³-hybridized carbons (Fsp3) is 0. The third-order valence-electron chi connectivity index (χ3n) is 0.556. The van der Waals surface area contributed by atoms with Crippen LogP contribution >= 0.6 is 0 Å². The molecule has 0 unspecified atom stereocenters. The minimum Gasteiger partial charge on any atom is -0.0767 e. The molecular weight excluding hydrogens is 199 g/mol. The van der Waals surface area contributed by atoms with Crippen LogP contribution in [0.4, 0.5) is 0 Å². The molecule has 1 rings (SSSR count). The van der Waals surface area contributed by atoms with Crippen LogP contribution in [0.5, 0.6) is 0 Å². The van der Waals surface area contributed by atoms with Gasteiger partial charge in [-0.1, -0.05) is 24.3 Å². The molecule has 0 aromatic heterocycles. The van der Waals surface area contributed by atoms with E-state index in [0.717, 1.165) is 0 Å². The van der Waals surface area contributed by atoms with Gasteiger partial charge in [-0.05, 0) is 0 Å². The maximum absolute atomic E-state index is 7.50. The SMILES string of the molecule is [C-]#[O+].[C-]#[O+].[C-]#[O+].[CH]1C=CC=C1.[Mn]. The standard InChI is InChI=1S/C5H5.3CO.Mn/c1-2-4-5-3-1;3*1-2;/h1-5H;;;;. The van der Waals surface area contributed by atoms with Gasteiger partial charge in [-0.2, -0.15) is 0 Å². The van der Waals surface area contributed by atoms with Crippen molar-refractivity contribution in [1.29, 1.82) is 0 Å². The Bertz CT molecular complexity index is 141. The topological polar surface area (TPSA) is 59.7 Å². The summed E-state index contributed by atoms with van der Waals surface area (Å²) in [6.45, 7) is 13.5. The zero-order valence-electron chi connectivity index (χ0n) is 5.99. The molecule has 0 bridgehead atoms. The maximum atomic E-state index is 7.50. The summed E-state index contributed by atoms with van der Waals surface area (Å²) in [4.78, 5) is 0. The van der Waals surface area contributed by atoms with E-state index < -0.39 is 0 Å². The minimum absolute atomic E-state index is 0. The Balaban J connectivity index is -0.0000000406. The minimum atomic E-state index is 0. The maximum Gasteiger partial charge on any atom is 0.00506 e. The van der Waals surface area contributed by atoms with Gasteiger partial charge in [0.05, 0.1) is 0 Å². The molecule has 0 saturated heterocycles. The Morgan fingerprint density at radius 3 is 0.917 bits per heavy atom. The Labute approximate surface area is 82.2 Å². The van der Waals surface area contributed by atoms with Crippen molar-refractivity contribution < 1.29 is 31.0 Å². The summed E-state index contributed by atoms with van der Waals surface area (Å²) in [5, 5.41) is 0. The van der Waals surface area contributed by atoms with Crippen LogP contribution in [-0.2, 0) is 31.0 Å². The zero-order valence-corrected chi connectivity index (χ0v) is 7.17. The van der Waals surface area contributed by atoms with Crippen LogP contribution < -0.4 is 0 Å². The van der Waals surface area contributed by atoms with Gasteiger partial charge in [0, 0.05) is 23.5 Å². The number of rotatable bonds is 0. The summed E-state index contributed by atoms with van der Waals surface area (Å²) in [5.74, 6) is 0. The number of allylic oxidation sites excluding steroid dienone is 4. The molecule has 0 saturated carbocycles. The van der Waals surface area contributed by atoms with Crippen molar-refractivity contribution in [3.05, 3.63) is 50.7 Å². The van der Waals surface area contributed by atoms with Gasteiger partial charge in [0.2, 0.25) is 0 Å². The van der Waals surface area contributed by atoms with Gasteiger partial charge in [-0.15, -0.1) is 0 Å². The average Bonchev–Trinajstić information content (AvgIpc) is 2.71. The zero-order chi connectivity index (χ0) is 9.54. The van der Waals surface area contributed by atoms with Crippen LogP contribution in [0.3, 0.4) is 0 Å². The van der Waals surface area contributed by atoms with E-state index in [4.69, 9.17) is 14.0 Å². The predicted molar refractivity (Wildman–Crippen MR) is 34.4 cm³/mol. The van der Waals surface area contributed by atoms with Crippen LogP contribution in [0, 0.1) is 26.4 Å². The monoisotopic (exact) mass is 204 g/mol. The summed E-state index contributed by atoms with van der Waals surface area (Å²) in [5.41, 5.74) is 0. The quantitative estimate of drug-likeness (QED) is 0.323. The fourth-order valence-electron chi connectivity index (χ4n) is 0.321. The molecule has 0 atom stereocenters. The smallest absolute Gasteiger partial charge is 0.00506 e. The second-order valence-corrected chi connectivity index (χ2v) is 0.962. The van der Waals surface area contributed by atoms with E-state index in [2.05, 4.69) is 20.0 Å². The van der Waals surface area contributed by atoms with Crippen molar-refractivity contribution in [1.82, 2.24) is 0 Å². The molecule has 0 aromatic rings. The molecule has 0 fully saturated rings. The largest absolute Gasteiger partial charge is 0.0767 e. The molecule has 2 radical (unpaired) electrons. The molecule has 0 N–H and O–H groups in total. The number of hydrogen-bond acceptors (Lipinski definition) is 0.